The number of carbonyl (C=O) groups is 1. The lowest BCUT2D eigenvalue weighted by Crippen LogP contribution is -2.49. The molecule has 1 fully saturated rings. The number of likely N-dealkylation sites (tertiary alicyclic amines) is 1. The fourth-order valence-corrected chi connectivity index (χ4v) is 1.74. The lowest BCUT2D eigenvalue weighted by atomic mass is 9.99. The fraction of sp³-hybridized carbons (Fsp3) is 0.889. The standard InChI is InChI=1S/C9H18N2O2/c1-9(7-10)4-3-8(12)11(9)5-6-13-2/h3-7,10H2,1-2H3. The summed E-state index contributed by atoms with van der Waals surface area (Å²) in [5, 5.41) is 0. The zero-order valence-corrected chi connectivity index (χ0v) is 8.38. The van der Waals surface area contributed by atoms with E-state index >= 15 is 0 Å². The molecule has 4 nitrogen and oxygen atoms in total. The van der Waals surface area contributed by atoms with Crippen LogP contribution in [0.25, 0.3) is 0 Å². The van der Waals surface area contributed by atoms with E-state index in [9.17, 15) is 4.79 Å². The van der Waals surface area contributed by atoms with Gasteiger partial charge in [-0.15, -0.1) is 0 Å². The summed E-state index contributed by atoms with van der Waals surface area (Å²) in [5.74, 6) is 0.199. The van der Waals surface area contributed by atoms with Gasteiger partial charge in [0, 0.05) is 26.6 Å². The Hall–Kier alpha value is -0.610. The van der Waals surface area contributed by atoms with Gasteiger partial charge < -0.3 is 15.4 Å². The second kappa shape index (κ2) is 4.07. The molecule has 1 aliphatic rings. The molecule has 0 bridgehead atoms. The first-order valence-electron chi connectivity index (χ1n) is 4.63. The van der Waals surface area contributed by atoms with Crippen LogP contribution in [0.4, 0.5) is 0 Å². The average molecular weight is 186 g/mol. The van der Waals surface area contributed by atoms with Gasteiger partial charge in [0.05, 0.1) is 12.1 Å². The second-order valence-corrected chi connectivity index (χ2v) is 3.74. The van der Waals surface area contributed by atoms with Gasteiger partial charge in [0.15, 0.2) is 0 Å². The minimum Gasteiger partial charge on any atom is -0.383 e. The number of methoxy groups -OCH3 is 1. The maximum Gasteiger partial charge on any atom is 0.223 e. The third kappa shape index (κ3) is 2.00. The van der Waals surface area contributed by atoms with Crippen LogP contribution in [0.15, 0.2) is 0 Å². The van der Waals surface area contributed by atoms with E-state index in [1.165, 1.54) is 0 Å². The molecule has 0 aromatic heterocycles. The van der Waals surface area contributed by atoms with Crippen LogP contribution in [0.2, 0.25) is 0 Å². The van der Waals surface area contributed by atoms with Crippen LogP contribution in [0.5, 0.6) is 0 Å². The van der Waals surface area contributed by atoms with Crippen LogP contribution in [-0.4, -0.2) is 43.2 Å². The van der Waals surface area contributed by atoms with Crippen LogP contribution in [-0.2, 0) is 9.53 Å². The van der Waals surface area contributed by atoms with Crippen molar-refractivity contribution in [2.45, 2.75) is 25.3 Å². The molecule has 0 aliphatic carbocycles. The van der Waals surface area contributed by atoms with E-state index in [1.54, 1.807) is 7.11 Å². The van der Waals surface area contributed by atoms with Crippen molar-refractivity contribution in [3.63, 3.8) is 0 Å². The first kappa shape index (κ1) is 10.5. The van der Waals surface area contributed by atoms with Crippen LogP contribution < -0.4 is 5.73 Å². The van der Waals surface area contributed by atoms with Crippen molar-refractivity contribution in [1.29, 1.82) is 0 Å². The van der Waals surface area contributed by atoms with Gasteiger partial charge in [0.1, 0.15) is 0 Å². The monoisotopic (exact) mass is 186 g/mol. The lowest BCUT2D eigenvalue weighted by molar-refractivity contribution is -0.131. The zero-order chi connectivity index (χ0) is 9.90. The molecule has 1 saturated heterocycles. The molecule has 0 spiro atoms. The van der Waals surface area contributed by atoms with Gasteiger partial charge in [-0.3, -0.25) is 4.79 Å². The quantitative estimate of drug-likeness (QED) is 0.671. The maximum absolute atomic E-state index is 11.5. The van der Waals surface area contributed by atoms with Gasteiger partial charge >= 0.3 is 0 Å². The molecular weight excluding hydrogens is 168 g/mol. The second-order valence-electron chi connectivity index (χ2n) is 3.74. The Morgan fingerprint density at radius 3 is 2.92 bits per heavy atom. The molecule has 0 radical (unpaired) electrons. The minimum absolute atomic E-state index is 0.143. The highest BCUT2D eigenvalue weighted by atomic mass is 16.5. The number of carbonyl (C=O) groups excluding carboxylic acids is 1. The van der Waals surface area contributed by atoms with E-state index in [0.29, 0.717) is 26.1 Å². The third-order valence-electron chi connectivity index (χ3n) is 2.79. The molecule has 2 N–H and O–H groups in total. The fourth-order valence-electron chi connectivity index (χ4n) is 1.74. The van der Waals surface area contributed by atoms with Crippen molar-refractivity contribution in [1.82, 2.24) is 4.90 Å². The van der Waals surface area contributed by atoms with E-state index in [2.05, 4.69) is 0 Å². The van der Waals surface area contributed by atoms with Gasteiger partial charge in [-0.2, -0.15) is 0 Å². The van der Waals surface area contributed by atoms with Gasteiger partial charge in [-0.25, -0.2) is 0 Å². The number of amides is 1. The molecule has 0 saturated carbocycles. The Balaban J connectivity index is 2.60. The normalized spacial score (nSPS) is 28.5. The largest absolute Gasteiger partial charge is 0.383 e. The first-order valence-corrected chi connectivity index (χ1v) is 4.63. The van der Waals surface area contributed by atoms with Gasteiger partial charge in [0.2, 0.25) is 5.91 Å². The van der Waals surface area contributed by atoms with Gasteiger partial charge in [-0.05, 0) is 13.3 Å². The molecule has 1 heterocycles. The maximum atomic E-state index is 11.5. The number of ether oxygens (including phenoxy) is 1. The van der Waals surface area contributed by atoms with Crippen molar-refractivity contribution < 1.29 is 9.53 Å². The third-order valence-corrected chi connectivity index (χ3v) is 2.79. The van der Waals surface area contributed by atoms with Crippen molar-refractivity contribution in [2.75, 3.05) is 26.8 Å². The summed E-state index contributed by atoms with van der Waals surface area (Å²) in [6.07, 6.45) is 1.49. The number of hydrogen-bond donors (Lipinski definition) is 1. The van der Waals surface area contributed by atoms with Crippen LogP contribution in [0, 0.1) is 0 Å². The molecule has 1 unspecified atom stereocenters. The number of nitrogens with zero attached hydrogens (tertiary/aromatic N) is 1. The Bertz CT molecular complexity index is 196. The van der Waals surface area contributed by atoms with Gasteiger partial charge in [-0.1, -0.05) is 0 Å². The van der Waals surface area contributed by atoms with Crippen molar-refractivity contribution >= 4 is 5.91 Å². The van der Waals surface area contributed by atoms with E-state index < -0.39 is 0 Å². The highest BCUT2D eigenvalue weighted by Crippen LogP contribution is 2.28. The number of hydrogen-bond acceptors (Lipinski definition) is 3. The van der Waals surface area contributed by atoms with E-state index in [4.69, 9.17) is 10.5 Å². The molecule has 1 amide bonds. The molecule has 0 aromatic rings. The number of rotatable bonds is 4. The highest BCUT2D eigenvalue weighted by Gasteiger charge is 2.39. The molecule has 1 aliphatic heterocycles. The van der Waals surface area contributed by atoms with E-state index in [1.807, 2.05) is 11.8 Å². The summed E-state index contributed by atoms with van der Waals surface area (Å²) >= 11 is 0. The highest BCUT2D eigenvalue weighted by molar-refractivity contribution is 5.79. The molecule has 1 rings (SSSR count). The van der Waals surface area contributed by atoms with Crippen molar-refractivity contribution in [2.24, 2.45) is 5.73 Å². The summed E-state index contributed by atoms with van der Waals surface area (Å²) in [4.78, 5) is 13.3. The Morgan fingerprint density at radius 2 is 2.38 bits per heavy atom. The lowest BCUT2D eigenvalue weighted by Gasteiger charge is -2.33. The molecule has 76 valence electrons. The minimum atomic E-state index is -0.143. The van der Waals surface area contributed by atoms with Crippen LogP contribution in [0.3, 0.4) is 0 Å². The SMILES string of the molecule is COCCN1C(=O)CCC1(C)CN. The Morgan fingerprint density at radius 1 is 1.69 bits per heavy atom. The Kier molecular flexibility index (Phi) is 3.27. The topological polar surface area (TPSA) is 55.6 Å². The molecule has 1 atom stereocenters. The first-order chi connectivity index (χ1) is 6.14. The van der Waals surface area contributed by atoms with E-state index in [0.717, 1.165) is 6.42 Å². The molecule has 13 heavy (non-hydrogen) atoms. The van der Waals surface area contributed by atoms with E-state index in [-0.39, 0.29) is 11.4 Å². The summed E-state index contributed by atoms with van der Waals surface area (Å²) in [6, 6.07) is 0. The summed E-state index contributed by atoms with van der Waals surface area (Å²) in [6.45, 7) is 3.81. The predicted octanol–water partition coefficient (Wildman–Crippen LogP) is -0.0274. The predicted molar refractivity (Wildman–Crippen MR) is 50.3 cm³/mol. The Labute approximate surface area is 79.0 Å². The average Bonchev–Trinajstić information content (AvgIpc) is 2.41. The van der Waals surface area contributed by atoms with Gasteiger partial charge in [0.25, 0.3) is 0 Å². The summed E-state index contributed by atoms with van der Waals surface area (Å²) in [7, 11) is 1.64. The molecular formula is C9H18N2O2. The summed E-state index contributed by atoms with van der Waals surface area (Å²) in [5.41, 5.74) is 5.51. The van der Waals surface area contributed by atoms with Crippen LogP contribution in [0.1, 0.15) is 19.8 Å². The smallest absolute Gasteiger partial charge is 0.223 e. The number of nitrogens with two attached hydrogens (primary N) is 1. The molecule has 4 heteroatoms. The molecule has 0 aromatic carbocycles. The zero-order valence-electron chi connectivity index (χ0n) is 8.38. The van der Waals surface area contributed by atoms with Crippen LogP contribution >= 0.6 is 0 Å². The summed E-state index contributed by atoms with van der Waals surface area (Å²) < 4.78 is 4.96. The van der Waals surface area contributed by atoms with Crippen molar-refractivity contribution in [3.8, 4) is 0 Å². The van der Waals surface area contributed by atoms with Crippen molar-refractivity contribution in [3.05, 3.63) is 0 Å².